The van der Waals surface area contributed by atoms with E-state index >= 15 is 0 Å². The van der Waals surface area contributed by atoms with Crippen molar-refractivity contribution in [2.75, 3.05) is 17.2 Å². The first-order valence-electron chi connectivity index (χ1n) is 6.24. The Labute approximate surface area is 101 Å². The van der Waals surface area contributed by atoms with Crippen LogP contribution in [0.4, 0.5) is 16.2 Å². The lowest BCUT2D eigenvalue weighted by molar-refractivity contribution is 0.267. The molecule has 0 unspecified atom stereocenters. The van der Waals surface area contributed by atoms with E-state index in [1.54, 1.807) is 0 Å². The number of aromatic nitrogens is 2. The van der Waals surface area contributed by atoms with Crippen LogP contribution >= 0.6 is 0 Å². The highest BCUT2D eigenvalue weighted by Crippen LogP contribution is 2.38. The van der Waals surface area contributed by atoms with Crippen molar-refractivity contribution in [1.82, 2.24) is 9.97 Å². The van der Waals surface area contributed by atoms with Crippen molar-refractivity contribution >= 4 is 11.8 Å². The molecular formula is C12H19FN4. The summed E-state index contributed by atoms with van der Waals surface area (Å²) in [5.74, 6) is 0.408. The highest BCUT2D eigenvalue weighted by atomic mass is 19.1. The standard InChI is InChI=1S/C12H19FN4/c1-3-12(6-5-7-12)17-10-9(13)8-15-11(16-10)14-4-2/h8H,3-7H2,1-2H3,(H2,14,15,16,17). The summed E-state index contributed by atoms with van der Waals surface area (Å²) >= 11 is 0. The normalized spacial score (nSPS) is 17.4. The summed E-state index contributed by atoms with van der Waals surface area (Å²) in [6.45, 7) is 4.81. The molecule has 0 spiro atoms. The van der Waals surface area contributed by atoms with Crippen LogP contribution in [0.1, 0.15) is 39.5 Å². The smallest absolute Gasteiger partial charge is 0.224 e. The monoisotopic (exact) mass is 238 g/mol. The van der Waals surface area contributed by atoms with Gasteiger partial charge in [0.25, 0.3) is 0 Å². The molecule has 2 N–H and O–H groups in total. The van der Waals surface area contributed by atoms with Crippen LogP contribution in [0, 0.1) is 5.82 Å². The fourth-order valence-electron chi connectivity index (χ4n) is 2.12. The molecule has 0 aliphatic heterocycles. The van der Waals surface area contributed by atoms with Gasteiger partial charge in [-0.15, -0.1) is 0 Å². The number of halogens is 1. The zero-order chi connectivity index (χ0) is 12.3. The summed E-state index contributed by atoms with van der Waals surface area (Å²) in [4.78, 5) is 8.06. The van der Waals surface area contributed by atoms with E-state index in [9.17, 15) is 4.39 Å². The molecule has 1 aliphatic rings. The molecule has 5 heteroatoms. The summed E-state index contributed by atoms with van der Waals surface area (Å²) in [5, 5.41) is 6.23. The maximum absolute atomic E-state index is 13.6. The number of nitrogens with zero attached hydrogens (tertiary/aromatic N) is 2. The van der Waals surface area contributed by atoms with Gasteiger partial charge in [-0.05, 0) is 32.6 Å². The molecule has 94 valence electrons. The molecular weight excluding hydrogens is 219 g/mol. The van der Waals surface area contributed by atoms with Crippen molar-refractivity contribution in [3.05, 3.63) is 12.0 Å². The fourth-order valence-corrected chi connectivity index (χ4v) is 2.12. The average Bonchev–Trinajstić information content (AvgIpc) is 2.28. The molecule has 1 fully saturated rings. The highest BCUT2D eigenvalue weighted by molar-refractivity contribution is 5.44. The lowest BCUT2D eigenvalue weighted by atomic mass is 9.75. The Kier molecular flexibility index (Phi) is 3.45. The lowest BCUT2D eigenvalue weighted by Crippen LogP contribution is -2.44. The second-order valence-corrected chi connectivity index (χ2v) is 4.53. The molecule has 0 radical (unpaired) electrons. The fraction of sp³-hybridized carbons (Fsp3) is 0.667. The lowest BCUT2D eigenvalue weighted by Gasteiger charge is -2.42. The molecule has 0 saturated heterocycles. The van der Waals surface area contributed by atoms with E-state index in [0.29, 0.717) is 11.8 Å². The summed E-state index contributed by atoms with van der Waals surface area (Å²) in [6, 6.07) is 0. The maximum Gasteiger partial charge on any atom is 0.224 e. The van der Waals surface area contributed by atoms with E-state index in [4.69, 9.17) is 0 Å². The van der Waals surface area contributed by atoms with E-state index in [0.717, 1.165) is 25.8 Å². The zero-order valence-electron chi connectivity index (χ0n) is 10.4. The van der Waals surface area contributed by atoms with E-state index in [1.165, 1.54) is 12.6 Å². The first-order valence-corrected chi connectivity index (χ1v) is 6.24. The van der Waals surface area contributed by atoms with Gasteiger partial charge in [0.15, 0.2) is 11.6 Å². The second kappa shape index (κ2) is 4.85. The first-order chi connectivity index (χ1) is 8.19. The van der Waals surface area contributed by atoms with Crippen LogP contribution < -0.4 is 10.6 Å². The molecule has 1 aliphatic carbocycles. The summed E-state index contributed by atoms with van der Waals surface area (Å²) in [6.07, 6.45) is 5.59. The van der Waals surface area contributed by atoms with Gasteiger partial charge >= 0.3 is 0 Å². The average molecular weight is 238 g/mol. The number of rotatable bonds is 5. The van der Waals surface area contributed by atoms with Crippen LogP contribution in [0.2, 0.25) is 0 Å². The molecule has 4 nitrogen and oxygen atoms in total. The topological polar surface area (TPSA) is 49.8 Å². The van der Waals surface area contributed by atoms with E-state index in [2.05, 4.69) is 27.5 Å². The predicted octanol–water partition coefficient (Wildman–Crippen LogP) is 2.79. The minimum Gasteiger partial charge on any atom is -0.362 e. The van der Waals surface area contributed by atoms with Gasteiger partial charge in [-0.25, -0.2) is 9.37 Å². The van der Waals surface area contributed by atoms with Crippen molar-refractivity contribution < 1.29 is 4.39 Å². The number of hydrogen-bond donors (Lipinski definition) is 2. The molecule has 17 heavy (non-hydrogen) atoms. The molecule has 1 aromatic heterocycles. The van der Waals surface area contributed by atoms with Crippen LogP contribution in [-0.2, 0) is 0 Å². The minimum atomic E-state index is -0.383. The van der Waals surface area contributed by atoms with Crippen LogP contribution in [0.25, 0.3) is 0 Å². The SMILES string of the molecule is CCNc1ncc(F)c(NC2(CC)CCC2)n1. The molecule has 0 bridgehead atoms. The van der Waals surface area contributed by atoms with Crippen molar-refractivity contribution in [1.29, 1.82) is 0 Å². The Balaban J connectivity index is 2.16. The maximum atomic E-state index is 13.6. The van der Waals surface area contributed by atoms with E-state index in [1.807, 2.05) is 6.92 Å². The van der Waals surface area contributed by atoms with Crippen molar-refractivity contribution in [2.24, 2.45) is 0 Å². The molecule has 1 heterocycles. The third-order valence-corrected chi connectivity index (χ3v) is 3.45. The Bertz CT molecular complexity index is 385. The van der Waals surface area contributed by atoms with Gasteiger partial charge in [0.1, 0.15) is 0 Å². The van der Waals surface area contributed by atoms with Gasteiger partial charge in [-0.1, -0.05) is 6.92 Å². The van der Waals surface area contributed by atoms with Crippen molar-refractivity contribution in [3.63, 3.8) is 0 Å². The third-order valence-electron chi connectivity index (χ3n) is 3.45. The van der Waals surface area contributed by atoms with Crippen LogP contribution in [-0.4, -0.2) is 22.1 Å². The van der Waals surface area contributed by atoms with Crippen LogP contribution in [0.15, 0.2) is 6.20 Å². The molecule has 1 aromatic rings. The van der Waals surface area contributed by atoms with Crippen molar-refractivity contribution in [2.45, 2.75) is 45.1 Å². The quantitative estimate of drug-likeness (QED) is 0.828. The molecule has 0 amide bonds. The van der Waals surface area contributed by atoms with Gasteiger partial charge in [-0.2, -0.15) is 4.98 Å². The Morgan fingerprint density at radius 2 is 2.18 bits per heavy atom. The molecule has 0 atom stereocenters. The largest absolute Gasteiger partial charge is 0.362 e. The third kappa shape index (κ3) is 2.48. The Hall–Kier alpha value is -1.39. The Morgan fingerprint density at radius 1 is 1.41 bits per heavy atom. The second-order valence-electron chi connectivity index (χ2n) is 4.53. The number of nitrogens with one attached hydrogen (secondary N) is 2. The van der Waals surface area contributed by atoms with Gasteiger partial charge in [0.05, 0.1) is 6.20 Å². The highest BCUT2D eigenvalue weighted by Gasteiger charge is 2.35. The van der Waals surface area contributed by atoms with E-state index < -0.39 is 0 Å². The van der Waals surface area contributed by atoms with Gasteiger partial charge < -0.3 is 10.6 Å². The summed E-state index contributed by atoms with van der Waals surface area (Å²) < 4.78 is 13.6. The van der Waals surface area contributed by atoms with E-state index in [-0.39, 0.29) is 11.4 Å². The molecule has 0 aromatic carbocycles. The Morgan fingerprint density at radius 3 is 2.71 bits per heavy atom. The number of anilines is 2. The summed E-state index contributed by atoms with van der Waals surface area (Å²) in [7, 11) is 0. The number of hydrogen-bond acceptors (Lipinski definition) is 4. The summed E-state index contributed by atoms with van der Waals surface area (Å²) in [5.41, 5.74) is 0.0404. The predicted molar refractivity (Wildman–Crippen MR) is 66.6 cm³/mol. The molecule has 1 saturated carbocycles. The van der Waals surface area contributed by atoms with Gasteiger partial charge in [0, 0.05) is 12.1 Å². The van der Waals surface area contributed by atoms with Gasteiger partial charge in [-0.3, -0.25) is 0 Å². The van der Waals surface area contributed by atoms with Crippen LogP contribution in [0.3, 0.4) is 0 Å². The van der Waals surface area contributed by atoms with Gasteiger partial charge in [0.2, 0.25) is 5.95 Å². The molecule has 2 rings (SSSR count). The van der Waals surface area contributed by atoms with Crippen LogP contribution in [0.5, 0.6) is 0 Å². The minimum absolute atomic E-state index is 0.0404. The zero-order valence-corrected chi connectivity index (χ0v) is 10.4. The first kappa shape index (κ1) is 12.1. The van der Waals surface area contributed by atoms with Crippen molar-refractivity contribution in [3.8, 4) is 0 Å².